The Hall–Kier alpha value is -4.65. The molecule has 0 saturated carbocycles. The summed E-state index contributed by atoms with van der Waals surface area (Å²) in [5.74, 6) is -0.826. The summed E-state index contributed by atoms with van der Waals surface area (Å²) in [5.41, 5.74) is 5.17. The molecule has 1 amide bonds. The molecule has 4 rings (SSSR count). The number of anilines is 2. The molecule has 0 saturated heterocycles. The van der Waals surface area contributed by atoms with Gasteiger partial charge in [0.25, 0.3) is 5.91 Å². The van der Waals surface area contributed by atoms with E-state index in [9.17, 15) is 14.4 Å². The predicted molar refractivity (Wildman–Crippen MR) is 143 cm³/mol. The molecule has 7 nitrogen and oxygen atoms in total. The van der Waals surface area contributed by atoms with Gasteiger partial charge < -0.3 is 19.7 Å². The summed E-state index contributed by atoms with van der Waals surface area (Å²) < 4.78 is 10.5. The van der Waals surface area contributed by atoms with Crippen LogP contribution in [0.25, 0.3) is 6.08 Å². The number of allylic oxidation sites excluding steroid dienone is 2. The van der Waals surface area contributed by atoms with Crippen LogP contribution in [0.1, 0.15) is 23.6 Å². The van der Waals surface area contributed by atoms with E-state index < -0.39 is 11.8 Å². The van der Waals surface area contributed by atoms with Gasteiger partial charge in [0.2, 0.25) is 5.78 Å². The molecule has 1 aliphatic heterocycles. The predicted octanol–water partition coefficient (Wildman–Crippen LogP) is 5.20. The molecular weight excluding hydrogens is 468 g/mol. The van der Waals surface area contributed by atoms with Crippen LogP contribution in [0, 0.1) is 13.8 Å². The smallest absolute Gasteiger partial charge is 0.343 e. The number of para-hydroxylation sites is 1. The normalized spacial score (nSPS) is 14.2. The maximum Gasteiger partial charge on any atom is 0.343 e. The number of hydrogen-bond acceptors (Lipinski definition) is 6. The maximum atomic E-state index is 13.3. The first-order valence-corrected chi connectivity index (χ1v) is 11.8. The Bertz CT molecular complexity index is 1390. The van der Waals surface area contributed by atoms with Crippen LogP contribution in [0.15, 0.2) is 89.8 Å². The zero-order valence-corrected chi connectivity index (χ0v) is 21.2. The minimum Gasteiger partial charge on any atom is -0.484 e. The van der Waals surface area contributed by atoms with Crippen molar-refractivity contribution in [3.63, 3.8) is 0 Å². The number of amides is 1. The Morgan fingerprint density at radius 3 is 2.19 bits per heavy atom. The number of nitrogens with zero attached hydrogens (tertiary/aromatic N) is 1. The number of rotatable bonds is 7. The van der Waals surface area contributed by atoms with E-state index in [2.05, 4.69) is 5.32 Å². The van der Waals surface area contributed by atoms with Crippen LogP contribution >= 0.6 is 0 Å². The van der Waals surface area contributed by atoms with E-state index in [4.69, 9.17) is 9.47 Å². The molecule has 188 valence electrons. The largest absolute Gasteiger partial charge is 0.484 e. The van der Waals surface area contributed by atoms with Crippen molar-refractivity contribution in [2.24, 2.45) is 0 Å². The van der Waals surface area contributed by atoms with Gasteiger partial charge in [-0.05, 0) is 79.9 Å². The maximum absolute atomic E-state index is 13.3. The number of carbonyl (C=O) groups is 3. The number of nitrogens with one attached hydrogen (secondary N) is 1. The summed E-state index contributed by atoms with van der Waals surface area (Å²) in [6.07, 6.45) is 1.73. The van der Waals surface area contributed by atoms with Crippen molar-refractivity contribution in [3.8, 4) is 5.75 Å². The summed E-state index contributed by atoms with van der Waals surface area (Å²) in [6.45, 7) is 5.56. The number of Topliss-reactive ketones (excluding diaryl/α,β-unsaturated/α-hetero) is 1. The second-order valence-electron chi connectivity index (χ2n) is 8.76. The third-order valence-corrected chi connectivity index (χ3v) is 5.86. The Morgan fingerprint density at radius 2 is 1.57 bits per heavy atom. The fraction of sp³-hybridized carbons (Fsp3) is 0.167. The van der Waals surface area contributed by atoms with Crippen molar-refractivity contribution < 1.29 is 23.9 Å². The first-order valence-electron chi connectivity index (χ1n) is 11.8. The summed E-state index contributed by atoms with van der Waals surface area (Å²) in [4.78, 5) is 39.7. The van der Waals surface area contributed by atoms with Gasteiger partial charge >= 0.3 is 5.97 Å². The standard InChI is InChI=1S/C30H28N2O5/c1-19-14-20(2)16-24(15-19)32-21(3)28(30(35)36-4)29(34)26(32)17-22-10-12-25(13-11-22)37-18-27(33)31-23-8-6-5-7-9-23/h5-17H,18H2,1-4H3,(H,31,33)/b26-17-. The van der Waals surface area contributed by atoms with Gasteiger partial charge in [0, 0.05) is 17.1 Å². The van der Waals surface area contributed by atoms with E-state index in [1.54, 1.807) is 54.3 Å². The highest BCUT2D eigenvalue weighted by molar-refractivity contribution is 6.30. The van der Waals surface area contributed by atoms with E-state index in [0.29, 0.717) is 22.8 Å². The fourth-order valence-corrected chi connectivity index (χ4v) is 4.26. The van der Waals surface area contributed by atoms with Crippen LogP contribution in [-0.4, -0.2) is 31.4 Å². The van der Waals surface area contributed by atoms with Gasteiger partial charge in [-0.3, -0.25) is 9.59 Å². The van der Waals surface area contributed by atoms with Crippen molar-refractivity contribution >= 4 is 35.1 Å². The van der Waals surface area contributed by atoms with Crippen LogP contribution in [0.5, 0.6) is 5.75 Å². The van der Waals surface area contributed by atoms with Gasteiger partial charge in [-0.25, -0.2) is 4.79 Å². The van der Waals surface area contributed by atoms with Gasteiger partial charge in [-0.15, -0.1) is 0 Å². The lowest BCUT2D eigenvalue weighted by molar-refractivity contribution is -0.137. The van der Waals surface area contributed by atoms with Crippen molar-refractivity contribution in [1.82, 2.24) is 0 Å². The molecule has 1 aliphatic rings. The van der Waals surface area contributed by atoms with Gasteiger partial charge in [0.15, 0.2) is 6.61 Å². The number of hydrogen-bond donors (Lipinski definition) is 1. The molecule has 1 heterocycles. The lowest BCUT2D eigenvalue weighted by Crippen LogP contribution is -2.20. The molecule has 0 spiro atoms. The summed E-state index contributed by atoms with van der Waals surface area (Å²) in [6, 6.07) is 22.2. The number of esters is 1. The number of benzene rings is 3. The summed E-state index contributed by atoms with van der Waals surface area (Å²) in [7, 11) is 1.26. The van der Waals surface area contributed by atoms with Gasteiger partial charge in [0.1, 0.15) is 11.3 Å². The molecule has 0 fully saturated rings. The summed E-state index contributed by atoms with van der Waals surface area (Å²) in [5, 5.41) is 2.77. The molecule has 3 aromatic rings. The number of methoxy groups -OCH3 is 1. The molecule has 37 heavy (non-hydrogen) atoms. The quantitative estimate of drug-likeness (QED) is 0.275. The Labute approximate surface area is 216 Å². The van der Waals surface area contributed by atoms with Crippen molar-refractivity contribution in [1.29, 1.82) is 0 Å². The molecule has 0 bridgehead atoms. The van der Waals surface area contributed by atoms with E-state index >= 15 is 0 Å². The molecule has 0 radical (unpaired) electrons. The third-order valence-electron chi connectivity index (χ3n) is 5.86. The minimum absolute atomic E-state index is 0.0114. The molecule has 3 aromatic carbocycles. The number of aryl methyl sites for hydroxylation is 2. The molecule has 0 unspecified atom stereocenters. The highest BCUT2D eigenvalue weighted by Gasteiger charge is 2.38. The topological polar surface area (TPSA) is 84.9 Å². The Balaban J connectivity index is 1.56. The molecule has 0 aliphatic carbocycles. The van der Waals surface area contributed by atoms with E-state index in [1.165, 1.54) is 7.11 Å². The van der Waals surface area contributed by atoms with Crippen molar-refractivity contribution in [2.45, 2.75) is 20.8 Å². The first-order chi connectivity index (χ1) is 17.8. The van der Waals surface area contributed by atoms with Crippen LogP contribution in [0.2, 0.25) is 0 Å². The second kappa shape index (κ2) is 11.0. The third kappa shape index (κ3) is 5.78. The van der Waals surface area contributed by atoms with Crippen LogP contribution in [0.4, 0.5) is 11.4 Å². The second-order valence-corrected chi connectivity index (χ2v) is 8.76. The Kier molecular flexibility index (Phi) is 7.53. The lowest BCUT2D eigenvalue weighted by Gasteiger charge is -2.22. The molecule has 0 atom stereocenters. The minimum atomic E-state index is -0.669. The number of ketones is 1. The SMILES string of the molecule is COC(=O)C1=C(C)N(c2cc(C)cc(C)c2)/C(=C\c2ccc(OCC(=O)Nc3ccccc3)cc2)C1=O. The molecule has 7 heteroatoms. The van der Waals surface area contributed by atoms with Crippen LogP contribution in [-0.2, 0) is 19.1 Å². The lowest BCUT2D eigenvalue weighted by atomic mass is 10.1. The first kappa shape index (κ1) is 25.4. The number of ether oxygens (including phenoxy) is 2. The fourth-order valence-electron chi connectivity index (χ4n) is 4.26. The molecule has 0 aromatic heterocycles. The van der Waals surface area contributed by atoms with Crippen molar-refractivity contribution in [3.05, 3.63) is 106 Å². The van der Waals surface area contributed by atoms with Crippen LogP contribution < -0.4 is 15.0 Å². The van der Waals surface area contributed by atoms with Crippen LogP contribution in [0.3, 0.4) is 0 Å². The highest BCUT2D eigenvalue weighted by atomic mass is 16.5. The monoisotopic (exact) mass is 496 g/mol. The summed E-state index contributed by atoms with van der Waals surface area (Å²) >= 11 is 0. The average Bonchev–Trinajstić information content (AvgIpc) is 3.12. The van der Waals surface area contributed by atoms with Gasteiger partial charge in [-0.1, -0.05) is 36.4 Å². The zero-order valence-electron chi connectivity index (χ0n) is 21.2. The van der Waals surface area contributed by atoms with Gasteiger partial charge in [0.05, 0.1) is 12.8 Å². The van der Waals surface area contributed by atoms with Crippen molar-refractivity contribution in [2.75, 3.05) is 23.9 Å². The number of carbonyl (C=O) groups excluding carboxylic acids is 3. The van der Waals surface area contributed by atoms with E-state index in [1.807, 2.05) is 50.2 Å². The molecular formula is C30H28N2O5. The highest BCUT2D eigenvalue weighted by Crippen LogP contribution is 2.36. The Morgan fingerprint density at radius 1 is 0.919 bits per heavy atom. The average molecular weight is 497 g/mol. The molecule has 1 N–H and O–H groups in total. The zero-order chi connectivity index (χ0) is 26.5. The van der Waals surface area contributed by atoms with E-state index in [0.717, 1.165) is 22.4 Å². The van der Waals surface area contributed by atoms with Gasteiger partial charge in [-0.2, -0.15) is 0 Å². The van der Waals surface area contributed by atoms with E-state index in [-0.39, 0.29) is 18.1 Å².